The van der Waals surface area contributed by atoms with Crippen LogP contribution in [0.5, 0.6) is 11.6 Å². The van der Waals surface area contributed by atoms with Gasteiger partial charge in [0, 0.05) is 11.2 Å². The number of aromatic nitrogens is 1. The molecule has 0 aliphatic carbocycles. The van der Waals surface area contributed by atoms with Gasteiger partial charge in [0.2, 0.25) is 5.88 Å². The molecule has 0 saturated heterocycles. The van der Waals surface area contributed by atoms with Crippen molar-refractivity contribution in [3.05, 3.63) is 46.6 Å². The van der Waals surface area contributed by atoms with Crippen LogP contribution in [0.2, 0.25) is 5.02 Å². The quantitative estimate of drug-likeness (QED) is 0.881. The molecule has 1 heterocycles. The van der Waals surface area contributed by atoms with E-state index < -0.39 is 0 Å². The second kappa shape index (κ2) is 4.63. The van der Waals surface area contributed by atoms with Crippen LogP contribution in [0.25, 0.3) is 0 Å². The fourth-order valence-corrected chi connectivity index (χ4v) is 1.68. The number of hydrogen-bond donors (Lipinski definition) is 1. The van der Waals surface area contributed by atoms with Crippen molar-refractivity contribution in [2.45, 2.75) is 13.8 Å². The molecule has 3 nitrogen and oxygen atoms in total. The van der Waals surface area contributed by atoms with Crippen LogP contribution in [0, 0.1) is 13.8 Å². The fourth-order valence-electron chi connectivity index (χ4n) is 1.46. The highest BCUT2D eigenvalue weighted by atomic mass is 35.5. The van der Waals surface area contributed by atoms with Crippen molar-refractivity contribution in [3.63, 3.8) is 0 Å². The van der Waals surface area contributed by atoms with Gasteiger partial charge in [-0.1, -0.05) is 11.6 Å². The Bertz CT molecular complexity index is 555. The summed E-state index contributed by atoms with van der Waals surface area (Å²) >= 11 is 5.88. The first kappa shape index (κ1) is 11.7. The molecule has 0 unspecified atom stereocenters. The van der Waals surface area contributed by atoms with Crippen molar-refractivity contribution in [2.75, 3.05) is 5.73 Å². The average Bonchev–Trinajstić information content (AvgIpc) is 2.28. The molecule has 0 radical (unpaired) electrons. The Morgan fingerprint density at radius 2 is 1.94 bits per heavy atom. The topological polar surface area (TPSA) is 48.1 Å². The van der Waals surface area contributed by atoms with Crippen molar-refractivity contribution in [3.8, 4) is 11.6 Å². The van der Waals surface area contributed by atoms with Crippen LogP contribution in [0.15, 0.2) is 30.5 Å². The normalized spacial score (nSPS) is 10.3. The number of ether oxygens (including phenoxy) is 1. The van der Waals surface area contributed by atoms with Crippen LogP contribution < -0.4 is 10.5 Å². The maximum atomic E-state index is 5.90. The molecule has 17 heavy (non-hydrogen) atoms. The molecule has 0 aliphatic heterocycles. The Morgan fingerprint density at radius 3 is 2.65 bits per heavy atom. The number of nitrogen functional groups attached to an aromatic ring is 1. The third-order valence-electron chi connectivity index (χ3n) is 2.52. The average molecular weight is 249 g/mol. The van der Waals surface area contributed by atoms with Crippen molar-refractivity contribution in [1.82, 2.24) is 4.98 Å². The van der Waals surface area contributed by atoms with E-state index in [-0.39, 0.29) is 0 Å². The summed E-state index contributed by atoms with van der Waals surface area (Å²) in [4.78, 5) is 4.12. The fraction of sp³-hybridized carbons (Fsp3) is 0.154. The Balaban J connectivity index is 2.35. The van der Waals surface area contributed by atoms with Crippen molar-refractivity contribution in [1.29, 1.82) is 0 Å². The molecule has 1 aromatic heterocycles. The van der Waals surface area contributed by atoms with Crippen LogP contribution in [0.3, 0.4) is 0 Å². The molecule has 1 aromatic carbocycles. The van der Waals surface area contributed by atoms with Crippen LogP contribution >= 0.6 is 11.6 Å². The molecule has 0 atom stereocenters. The van der Waals surface area contributed by atoms with E-state index in [4.69, 9.17) is 22.1 Å². The zero-order chi connectivity index (χ0) is 12.4. The van der Waals surface area contributed by atoms with Crippen LogP contribution in [0.4, 0.5) is 5.69 Å². The molecule has 0 spiro atoms. The third kappa shape index (κ3) is 2.50. The van der Waals surface area contributed by atoms with E-state index >= 15 is 0 Å². The second-order valence-electron chi connectivity index (χ2n) is 3.86. The van der Waals surface area contributed by atoms with Gasteiger partial charge in [0.05, 0.1) is 5.69 Å². The Hall–Kier alpha value is -1.74. The summed E-state index contributed by atoms with van der Waals surface area (Å²) in [5.41, 5.74) is 8.34. The molecule has 0 aliphatic rings. The van der Waals surface area contributed by atoms with E-state index in [9.17, 15) is 0 Å². The van der Waals surface area contributed by atoms with E-state index in [0.29, 0.717) is 22.3 Å². The number of anilines is 1. The van der Waals surface area contributed by atoms with Crippen molar-refractivity contribution >= 4 is 17.3 Å². The molecular weight excluding hydrogens is 236 g/mol. The van der Waals surface area contributed by atoms with Gasteiger partial charge in [0.1, 0.15) is 5.75 Å². The third-order valence-corrected chi connectivity index (χ3v) is 2.75. The number of hydrogen-bond acceptors (Lipinski definition) is 3. The number of aryl methyl sites for hydroxylation is 2. The van der Waals surface area contributed by atoms with Crippen molar-refractivity contribution < 1.29 is 4.74 Å². The highest BCUT2D eigenvalue weighted by molar-refractivity contribution is 6.30. The number of nitrogens with zero attached hydrogens (tertiary/aromatic N) is 1. The summed E-state index contributed by atoms with van der Waals surface area (Å²) in [5, 5.41) is 0.681. The van der Waals surface area contributed by atoms with E-state index in [1.807, 2.05) is 26.0 Å². The lowest BCUT2D eigenvalue weighted by Crippen LogP contribution is -1.98. The number of rotatable bonds is 2. The number of halogens is 1. The standard InChI is InChI=1S/C13H13ClN2O/c1-8-5-6-16-13(12(8)15)17-11-4-3-10(14)7-9(11)2/h3-7H,15H2,1-2H3. The number of pyridine rings is 1. The Kier molecular flexibility index (Phi) is 3.20. The molecule has 4 heteroatoms. The molecular formula is C13H13ClN2O. The molecule has 0 saturated carbocycles. The Morgan fingerprint density at radius 1 is 1.18 bits per heavy atom. The summed E-state index contributed by atoms with van der Waals surface area (Å²) in [7, 11) is 0. The zero-order valence-electron chi connectivity index (χ0n) is 9.70. The lowest BCUT2D eigenvalue weighted by Gasteiger charge is -2.10. The molecule has 0 bridgehead atoms. The van der Waals surface area contributed by atoms with E-state index in [1.54, 1.807) is 18.3 Å². The number of benzene rings is 1. The largest absolute Gasteiger partial charge is 0.437 e. The summed E-state index contributed by atoms with van der Waals surface area (Å²) in [5.74, 6) is 1.13. The van der Waals surface area contributed by atoms with Crippen LogP contribution in [-0.2, 0) is 0 Å². The van der Waals surface area contributed by atoms with Gasteiger partial charge >= 0.3 is 0 Å². The van der Waals surface area contributed by atoms with E-state index in [0.717, 1.165) is 11.1 Å². The van der Waals surface area contributed by atoms with Gasteiger partial charge in [-0.3, -0.25) is 0 Å². The minimum absolute atomic E-state index is 0.426. The predicted octanol–water partition coefficient (Wildman–Crippen LogP) is 3.73. The minimum atomic E-state index is 0.426. The van der Waals surface area contributed by atoms with Crippen LogP contribution in [0.1, 0.15) is 11.1 Å². The van der Waals surface area contributed by atoms with Gasteiger partial charge in [-0.2, -0.15) is 0 Å². The summed E-state index contributed by atoms with van der Waals surface area (Å²) in [6, 6.07) is 7.26. The van der Waals surface area contributed by atoms with Gasteiger partial charge in [-0.05, 0) is 49.2 Å². The van der Waals surface area contributed by atoms with Gasteiger partial charge in [0.15, 0.2) is 0 Å². The maximum absolute atomic E-state index is 5.90. The van der Waals surface area contributed by atoms with Crippen molar-refractivity contribution in [2.24, 2.45) is 0 Å². The van der Waals surface area contributed by atoms with Gasteiger partial charge < -0.3 is 10.5 Å². The summed E-state index contributed by atoms with van der Waals surface area (Å²) in [6.07, 6.45) is 1.67. The first-order chi connectivity index (χ1) is 8.08. The zero-order valence-corrected chi connectivity index (χ0v) is 10.5. The van der Waals surface area contributed by atoms with Crippen LogP contribution in [-0.4, -0.2) is 4.98 Å². The smallest absolute Gasteiger partial charge is 0.242 e. The monoisotopic (exact) mass is 248 g/mol. The summed E-state index contributed by atoms with van der Waals surface area (Å²) < 4.78 is 5.68. The molecule has 2 N–H and O–H groups in total. The number of nitrogens with two attached hydrogens (primary N) is 1. The Labute approximate surface area is 105 Å². The lowest BCUT2D eigenvalue weighted by molar-refractivity contribution is 0.462. The van der Waals surface area contributed by atoms with Gasteiger partial charge in [-0.15, -0.1) is 0 Å². The van der Waals surface area contributed by atoms with Gasteiger partial charge in [0.25, 0.3) is 0 Å². The highest BCUT2D eigenvalue weighted by Crippen LogP contribution is 2.30. The lowest BCUT2D eigenvalue weighted by atomic mass is 10.2. The molecule has 0 amide bonds. The summed E-state index contributed by atoms with van der Waals surface area (Å²) in [6.45, 7) is 3.84. The van der Waals surface area contributed by atoms with Gasteiger partial charge in [-0.25, -0.2) is 4.98 Å². The molecule has 0 fully saturated rings. The predicted molar refractivity (Wildman–Crippen MR) is 69.6 cm³/mol. The second-order valence-corrected chi connectivity index (χ2v) is 4.29. The SMILES string of the molecule is Cc1cc(Cl)ccc1Oc1nccc(C)c1N. The molecule has 2 rings (SSSR count). The molecule has 2 aromatic rings. The van der Waals surface area contributed by atoms with E-state index in [1.165, 1.54) is 0 Å². The minimum Gasteiger partial charge on any atom is -0.437 e. The first-order valence-electron chi connectivity index (χ1n) is 5.23. The highest BCUT2D eigenvalue weighted by Gasteiger charge is 2.07. The first-order valence-corrected chi connectivity index (χ1v) is 5.61. The maximum Gasteiger partial charge on any atom is 0.242 e. The molecule has 88 valence electrons. The van der Waals surface area contributed by atoms with E-state index in [2.05, 4.69) is 4.98 Å².